The molecule has 226 valence electrons. The van der Waals surface area contributed by atoms with Crippen LogP contribution in [0.5, 0.6) is 11.5 Å². The lowest BCUT2D eigenvalue weighted by Gasteiger charge is -2.34. The van der Waals surface area contributed by atoms with Gasteiger partial charge in [-0.05, 0) is 37.3 Å². The van der Waals surface area contributed by atoms with Crippen molar-refractivity contribution in [3.8, 4) is 39.8 Å². The number of fused-ring (bicyclic) bond motifs is 4. The van der Waals surface area contributed by atoms with Gasteiger partial charge in [0.15, 0.2) is 17.2 Å². The molecule has 1 fully saturated rings. The second-order valence-electron chi connectivity index (χ2n) is 11.8. The number of nitriles is 1. The lowest BCUT2D eigenvalue weighted by molar-refractivity contribution is 0.0530. The van der Waals surface area contributed by atoms with E-state index in [-0.39, 0.29) is 58.4 Å². The summed E-state index contributed by atoms with van der Waals surface area (Å²) in [5.74, 6) is -1.28. The molecule has 1 aromatic heterocycles. The number of benzene rings is 3. The molecule has 1 atom stereocenters. The van der Waals surface area contributed by atoms with Gasteiger partial charge in [0.25, 0.3) is 0 Å². The molecule has 0 bridgehead atoms. The second kappa shape index (κ2) is 11.2. The molecule has 1 N–H and O–H groups in total. The molecule has 0 saturated heterocycles. The SMILES string of the molecule is COC1CCC(NC[C@@]2(c3ccccc3)Cc3c(cc(F)c(Cl)c3-c3c(C#N)cc4c(c3F)OCc3nn(C)cc3-4)O2)CC1. The van der Waals surface area contributed by atoms with Crippen molar-refractivity contribution in [2.75, 3.05) is 13.7 Å². The molecule has 0 radical (unpaired) electrons. The van der Waals surface area contributed by atoms with Crippen LogP contribution in [-0.2, 0) is 30.4 Å². The fourth-order valence-electron chi connectivity index (χ4n) is 6.93. The van der Waals surface area contributed by atoms with Crippen molar-refractivity contribution in [3.05, 3.63) is 87.7 Å². The highest BCUT2D eigenvalue weighted by Crippen LogP contribution is 2.52. The van der Waals surface area contributed by atoms with Gasteiger partial charge in [0.1, 0.15) is 23.9 Å². The molecule has 10 heteroatoms. The van der Waals surface area contributed by atoms with Gasteiger partial charge in [-0.1, -0.05) is 41.9 Å². The minimum absolute atomic E-state index is 0.0153. The van der Waals surface area contributed by atoms with Gasteiger partial charge in [0, 0.05) is 73.2 Å². The molecule has 7 rings (SSSR count). The Hall–Kier alpha value is -3.97. The number of nitrogens with one attached hydrogen (secondary N) is 1. The zero-order chi connectivity index (χ0) is 30.6. The number of hydrogen-bond donors (Lipinski definition) is 1. The van der Waals surface area contributed by atoms with E-state index in [1.54, 1.807) is 31.1 Å². The maximum Gasteiger partial charge on any atom is 0.174 e. The Bertz CT molecular complexity index is 1800. The van der Waals surface area contributed by atoms with Crippen LogP contribution in [0.3, 0.4) is 0 Å². The Balaban J connectivity index is 1.33. The fourth-order valence-corrected chi connectivity index (χ4v) is 7.19. The summed E-state index contributed by atoms with van der Waals surface area (Å²) in [6.07, 6.45) is 6.19. The Kier molecular flexibility index (Phi) is 7.32. The van der Waals surface area contributed by atoms with Gasteiger partial charge in [-0.15, -0.1) is 0 Å². The number of nitrogens with zero attached hydrogens (tertiary/aromatic N) is 3. The van der Waals surface area contributed by atoms with Gasteiger partial charge in [-0.3, -0.25) is 4.68 Å². The van der Waals surface area contributed by atoms with E-state index >= 15 is 8.78 Å². The highest BCUT2D eigenvalue weighted by Gasteiger charge is 2.45. The highest BCUT2D eigenvalue weighted by atomic mass is 35.5. The number of methoxy groups -OCH3 is 1. The number of aromatic nitrogens is 2. The molecule has 2 aliphatic heterocycles. The smallest absolute Gasteiger partial charge is 0.174 e. The molecular formula is C34H31ClF2N4O3. The van der Waals surface area contributed by atoms with Gasteiger partial charge in [-0.2, -0.15) is 10.4 Å². The highest BCUT2D eigenvalue weighted by molar-refractivity contribution is 6.34. The van der Waals surface area contributed by atoms with Crippen molar-refractivity contribution in [1.82, 2.24) is 15.1 Å². The van der Waals surface area contributed by atoms with E-state index in [2.05, 4.69) is 16.5 Å². The number of aryl methyl sites for hydroxylation is 1. The van der Waals surface area contributed by atoms with Crippen LogP contribution in [0.4, 0.5) is 8.78 Å². The zero-order valence-corrected chi connectivity index (χ0v) is 25.2. The number of hydrogen-bond acceptors (Lipinski definition) is 6. The molecule has 3 aliphatic rings. The molecule has 3 aromatic carbocycles. The maximum absolute atomic E-state index is 16.6. The monoisotopic (exact) mass is 616 g/mol. The largest absolute Gasteiger partial charge is 0.483 e. The van der Waals surface area contributed by atoms with Crippen molar-refractivity contribution < 1.29 is 23.0 Å². The summed E-state index contributed by atoms with van der Waals surface area (Å²) in [5.41, 5.74) is 2.30. The number of halogens is 3. The van der Waals surface area contributed by atoms with E-state index in [4.69, 9.17) is 25.8 Å². The fraction of sp³-hybridized carbons (Fsp3) is 0.353. The Labute approximate surface area is 259 Å². The molecule has 1 saturated carbocycles. The van der Waals surface area contributed by atoms with Crippen molar-refractivity contribution >= 4 is 11.6 Å². The number of rotatable bonds is 6. The van der Waals surface area contributed by atoms with Crippen LogP contribution in [0.2, 0.25) is 5.02 Å². The van der Waals surface area contributed by atoms with E-state index in [0.29, 0.717) is 28.9 Å². The van der Waals surface area contributed by atoms with Crippen molar-refractivity contribution in [2.24, 2.45) is 7.05 Å². The molecule has 0 unspecified atom stereocenters. The summed E-state index contributed by atoms with van der Waals surface area (Å²) >= 11 is 6.66. The van der Waals surface area contributed by atoms with E-state index in [1.807, 2.05) is 30.3 Å². The molecule has 3 heterocycles. The first-order valence-corrected chi connectivity index (χ1v) is 15.1. The molecule has 7 nitrogen and oxygen atoms in total. The van der Waals surface area contributed by atoms with Gasteiger partial charge in [0.2, 0.25) is 0 Å². The van der Waals surface area contributed by atoms with E-state index in [1.165, 1.54) is 6.07 Å². The van der Waals surface area contributed by atoms with Gasteiger partial charge in [-0.25, -0.2) is 8.78 Å². The zero-order valence-electron chi connectivity index (χ0n) is 24.4. The van der Waals surface area contributed by atoms with Gasteiger partial charge >= 0.3 is 0 Å². The lowest BCUT2D eigenvalue weighted by Crippen LogP contribution is -2.47. The molecule has 4 aromatic rings. The molecular weight excluding hydrogens is 586 g/mol. The van der Waals surface area contributed by atoms with Crippen LogP contribution in [0, 0.1) is 23.0 Å². The third-order valence-electron chi connectivity index (χ3n) is 9.18. The first kappa shape index (κ1) is 28.8. The average molecular weight is 617 g/mol. The third-order valence-corrected chi connectivity index (χ3v) is 9.55. The summed E-state index contributed by atoms with van der Waals surface area (Å²) in [7, 11) is 3.52. The normalized spacial score (nSPS) is 21.9. The van der Waals surface area contributed by atoms with Crippen LogP contribution in [-0.4, -0.2) is 35.6 Å². The van der Waals surface area contributed by atoms with Gasteiger partial charge < -0.3 is 19.5 Å². The van der Waals surface area contributed by atoms with Crippen LogP contribution in [0.15, 0.2) is 48.7 Å². The first-order valence-electron chi connectivity index (χ1n) is 14.8. The minimum atomic E-state index is -0.911. The lowest BCUT2D eigenvalue weighted by atomic mass is 9.84. The van der Waals surface area contributed by atoms with E-state index < -0.39 is 17.2 Å². The molecule has 0 spiro atoms. The predicted molar refractivity (Wildman–Crippen MR) is 162 cm³/mol. The summed E-state index contributed by atoms with van der Waals surface area (Å²) in [4.78, 5) is 0. The molecule has 0 amide bonds. The predicted octanol–water partition coefficient (Wildman–Crippen LogP) is 6.83. The van der Waals surface area contributed by atoms with Crippen LogP contribution in [0.25, 0.3) is 22.3 Å². The van der Waals surface area contributed by atoms with E-state index in [0.717, 1.165) is 31.2 Å². The average Bonchev–Trinajstić information content (AvgIpc) is 3.62. The van der Waals surface area contributed by atoms with Crippen molar-refractivity contribution in [1.29, 1.82) is 5.26 Å². The van der Waals surface area contributed by atoms with Crippen LogP contribution in [0.1, 0.15) is 48.1 Å². The Morgan fingerprint density at radius 2 is 1.91 bits per heavy atom. The Morgan fingerprint density at radius 3 is 2.64 bits per heavy atom. The van der Waals surface area contributed by atoms with E-state index in [9.17, 15) is 5.26 Å². The van der Waals surface area contributed by atoms with Crippen molar-refractivity contribution in [2.45, 2.75) is 56.5 Å². The summed E-state index contributed by atoms with van der Waals surface area (Å²) in [6.45, 7) is 0.510. The quantitative estimate of drug-likeness (QED) is 0.256. The Morgan fingerprint density at radius 1 is 1.14 bits per heavy atom. The molecule has 1 aliphatic carbocycles. The third kappa shape index (κ3) is 4.73. The second-order valence-corrected chi connectivity index (χ2v) is 12.2. The summed E-state index contributed by atoms with van der Waals surface area (Å²) in [6, 6.07) is 15.0. The van der Waals surface area contributed by atoms with Crippen LogP contribution < -0.4 is 14.8 Å². The van der Waals surface area contributed by atoms with Crippen LogP contribution >= 0.6 is 11.6 Å². The summed E-state index contributed by atoms with van der Waals surface area (Å²) in [5, 5.41) is 18.1. The number of ether oxygens (including phenoxy) is 3. The standard InChI is InChI=1S/C34H31ClF2N4O3/c1-41-16-25-23-12-19(15-38)29(32(37)33(23)43-17-27(25)40-41)30-24-14-34(20-6-4-3-5-7-20,44-28(24)13-26(36)31(30)35)18-39-21-8-10-22(42-2)11-9-21/h3-7,12-13,16,21-22,39H,8-11,14,17-18H2,1-2H3/t21?,22?,34-/m1/s1. The summed E-state index contributed by atoms with van der Waals surface area (Å²) < 4.78 is 51.8. The first-order chi connectivity index (χ1) is 21.3. The maximum atomic E-state index is 16.6. The topological polar surface area (TPSA) is 81.3 Å². The van der Waals surface area contributed by atoms with Gasteiger partial charge in [0.05, 0.1) is 22.8 Å². The van der Waals surface area contributed by atoms with Crippen molar-refractivity contribution in [3.63, 3.8) is 0 Å². The molecule has 44 heavy (non-hydrogen) atoms. The minimum Gasteiger partial charge on any atom is -0.483 e.